The number of methoxy groups -OCH3 is 1. The van der Waals surface area contributed by atoms with Crippen molar-refractivity contribution in [3.63, 3.8) is 0 Å². The summed E-state index contributed by atoms with van der Waals surface area (Å²) in [7, 11) is 3.79. The Morgan fingerprint density at radius 2 is 1.90 bits per heavy atom. The lowest BCUT2D eigenvalue weighted by molar-refractivity contribution is 0.415. The summed E-state index contributed by atoms with van der Waals surface area (Å²) in [5, 5.41) is 3.48. The number of nitrogens with zero attached hydrogens (tertiary/aromatic N) is 3. The fourth-order valence-corrected chi connectivity index (χ4v) is 4.30. The molecule has 0 amide bonds. The van der Waals surface area contributed by atoms with Crippen molar-refractivity contribution in [1.82, 2.24) is 9.97 Å². The molecule has 0 aliphatic rings. The van der Waals surface area contributed by atoms with E-state index in [1.807, 2.05) is 12.1 Å². The highest BCUT2D eigenvalue weighted by molar-refractivity contribution is 7.22. The smallest absolute Gasteiger partial charge is 0.147 e. The summed E-state index contributed by atoms with van der Waals surface area (Å²) >= 11 is 1.71. The highest BCUT2D eigenvalue weighted by atomic mass is 32.1. The molecule has 4 aromatic rings. The van der Waals surface area contributed by atoms with Gasteiger partial charge in [-0.1, -0.05) is 12.1 Å². The zero-order valence-corrected chi connectivity index (χ0v) is 17.7. The number of hydrogen-bond donors (Lipinski definition) is 1. The molecule has 0 atom stereocenters. The summed E-state index contributed by atoms with van der Waals surface area (Å²) in [6.45, 7) is 3.79. The van der Waals surface area contributed by atoms with Gasteiger partial charge in [-0.2, -0.15) is 0 Å². The third kappa shape index (κ3) is 4.32. The molecule has 2 aromatic carbocycles. The summed E-state index contributed by atoms with van der Waals surface area (Å²) in [6.07, 6.45) is 1.62. The van der Waals surface area contributed by atoms with Crippen molar-refractivity contribution in [2.75, 3.05) is 37.5 Å². The van der Waals surface area contributed by atoms with Crippen LogP contribution >= 0.6 is 11.3 Å². The van der Waals surface area contributed by atoms with Crippen LogP contribution in [0, 0.1) is 6.92 Å². The van der Waals surface area contributed by atoms with Crippen LogP contribution in [0.25, 0.3) is 20.7 Å². The van der Waals surface area contributed by atoms with Gasteiger partial charge in [0.05, 0.1) is 17.3 Å². The number of hydrogen-bond acceptors (Lipinski definition) is 6. The van der Waals surface area contributed by atoms with Crippen LogP contribution in [0.3, 0.4) is 0 Å². The third-order valence-electron chi connectivity index (χ3n) is 4.87. The molecule has 0 fully saturated rings. The molecule has 0 unspecified atom stereocenters. The Labute approximate surface area is 175 Å². The van der Waals surface area contributed by atoms with Crippen LogP contribution in [-0.2, 0) is 0 Å². The maximum absolute atomic E-state index is 5.25. The summed E-state index contributed by atoms with van der Waals surface area (Å²) in [5.74, 6) is 1.74. The number of nitrogens with one attached hydrogen (secondary N) is 1. The van der Waals surface area contributed by atoms with Crippen LogP contribution in [0.1, 0.15) is 5.56 Å². The first-order chi connectivity index (χ1) is 14.1. The number of anilines is 2. The first-order valence-electron chi connectivity index (χ1n) is 9.54. The summed E-state index contributed by atoms with van der Waals surface area (Å²) in [4.78, 5) is 12.3. The monoisotopic (exact) mass is 404 g/mol. The number of aromatic nitrogens is 2. The van der Waals surface area contributed by atoms with E-state index in [0.29, 0.717) is 0 Å². The van der Waals surface area contributed by atoms with Crippen LogP contribution in [0.2, 0.25) is 0 Å². The number of aryl methyl sites for hydroxylation is 1. The van der Waals surface area contributed by atoms with Gasteiger partial charge in [0.1, 0.15) is 17.9 Å². The molecule has 0 radical (unpaired) electrons. The molecule has 2 aromatic heterocycles. The van der Waals surface area contributed by atoms with Crippen molar-refractivity contribution in [3.05, 3.63) is 66.5 Å². The molecule has 29 heavy (non-hydrogen) atoms. The maximum atomic E-state index is 5.25. The van der Waals surface area contributed by atoms with Crippen molar-refractivity contribution >= 4 is 33.1 Å². The molecule has 0 saturated carbocycles. The van der Waals surface area contributed by atoms with Crippen LogP contribution < -0.4 is 15.0 Å². The highest BCUT2D eigenvalue weighted by Crippen LogP contribution is 2.36. The van der Waals surface area contributed by atoms with Crippen LogP contribution in [0.5, 0.6) is 5.75 Å². The number of likely N-dealkylation sites (N-methyl/N-ethyl adjacent to an activating group) is 1. The van der Waals surface area contributed by atoms with Gasteiger partial charge in [-0.15, -0.1) is 11.3 Å². The number of ether oxygens (including phenoxy) is 1. The molecular weight excluding hydrogens is 380 g/mol. The van der Waals surface area contributed by atoms with Gasteiger partial charge in [0.15, 0.2) is 0 Å². The molecule has 1 N–H and O–H groups in total. The van der Waals surface area contributed by atoms with Gasteiger partial charge < -0.3 is 15.0 Å². The number of rotatable bonds is 7. The molecular formula is C23H24N4OS. The Bertz CT molecular complexity index is 1110. The molecule has 6 heteroatoms. The number of thiophene rings is 1. The van der Waals surface area contributed by atoms with Gasteiger partial charge in [-0.05, 0) is 60.5 Å². The first kappa shape index (κ1) is 19.2. The van der Waals surface area contributed by atoms with Gasteiger partial charge in [-0.25, -0.2) is 9.97 Å². The van der Waals surface area contributed by atoms with E-state index in [-0.39, 0.29) is 0 Å². The topological polar surface area (TPSA) is 50.3 Å². The van der Waals surface area contributed by atoms with E-state index in [4.69, 9.17) is 4.74 Å². The van der Waals surface area contributed by atoms with Crippen molar-refractivity contribution in [3.8, 4) is 16.2 Å². The van der Waals surface area contributed by atoms with E-state index in [1.54, 1.807) is 24.8 Å². The molecule has 0 bridgehead atoms. The predicted octanol–water partition coefficient (Wildman–Crippen LogP) is 5.22. The normalized spacial score (nSPS) is 10.9. The maximum Gasteiger partial charge on any atom is 0.147 e. The second-order valence-corrected chi connectivity index (χ2v) is 8.02. The van der Waals surface area contributed by atoms with E-state index < -0.39 is 0 Å². The Hall–Kier alpha value is -3.12. The minimum atomic E-state index is 0.798. The molecule has 0 saturated heterocycles. The quantitative estimate of drug-likeness (QED) is 0.457. The Balaban J connectivity index is 1.48. The van der Waals surface area contributed by atoms with E-state index in [1.165, 1.54) is 16.1 Å². The molecule has 0 spiro atoms. The second-order valence-electron chi connectivity index (χ2n) is 6.96. The highest BCUT2D eigenvalue weighted by Gasteiger charge is 2.11. The van der Waals surface area contributed by atoms with Gasteiger partial charge in [0.2, 0.25) is 0 Å². The van der Waals surface area contributed by atoms with Crippen molar-refractivity contribution in [1.29, 1.82) is 0 Å². The molecule has 2 heterocycles. The minimum absolute atomic E-state index is 0.798. The molecule has 5 nitrogen and oxygen atoms in total. The van der Waals surface area contributed by atoms with Crippen LogP contribution in [0.15, 0.2) is 60.9 Å². The van der Waals surface area contributed by atoms with E-state index in [0.717, 1.165) is 40.4 Å². The predicted molar refractivity (Wildman–Crippen MR) is 122 cm³/mol. The van der Waals surface area contributed by atoms with Crippen LogP contribution in [-0.4, -0.2) is 37.2 Å². The Morgan fingerprint density at radius 3 is 2.66 bits per heavy atom. The van der Waals surface area contributed by atoms with E-state index in [9.17, 15) is 0 Å². The van der Waals surface area contributed by atoms with E-state index >= 15 is 0 Å². The Kier molecular flexibility index (Phi) is 5.62. The number of benzene rings is 2. The second kappa shape index (κ2) is 8.49. The summed E-state index contributed by atoms with van der Waals surface area (Å²) < 4.78 is 6.33. The van der Waals surface area contributed by atoms with Gasteiger partial charge in [0.25, 0.3) is 0 Å². The van der Waals surface area contributed by atoms with Crippen molar-refractivity contribution < 1.29 is 4.74 Å². The van der Waals surface area contributed by atoms with E-state index in [2.05, 4.69) is 76.6 Å². The van der Waals surface area contributed by atoms with Gasteiger partial charge in [-0.3, -0.25) is 0 Å². The fraction of sp³-hybridized carbons (Fsp3) is 0.217. The van der Waals surface area contributed by atoms with Crippen molar-refractivity contribution in [2.24, 2.45) is 0 Å². The summed E-state index contributed by atoms with van der Waals surface area (Å²) in [6, 6.07) is 18.8. The van der Waals surface area contributed by atoms with Crippen molar-refractivity contribution in [2.45, 2.75) is 6.92 Å². The van der Waals surface area contributed by atoms with Gasteiger partial charge >= 0.3 is 0 Å². The molecule has 4 rings (SSSR count). The average molecular weight is 405 g/mol. The van der Waals surface area contributed by atoms with Gasteiger partial charge in [0, 0.05) is 30.7 Å². The average Bonchev–Trinajstić information content (AvgIpc) is 3.19. The lowest BCUT2D eigenvalue weighted by Gasteiger charge is -2.20. The molecule has 0 aliphatic heterocycles. The largest absolute Gasteiger partial charge is 0.497 e. The van der Waals surface area contributed by atoms with Crippen LogP contribution in [0.4, 0.5) is 11.5 Å². The zero-order chi connectivity index (χ0) is 20.2. The fourth-order valence-electron chi connectivity index (χ4n) is 3.21. The lowest BCUT2D eigenvalue weighted by atomic mass is 10.2. The molecule has 0 aliphatic carbocycles. The zero-order valence-electron chi connectivity index (χ0n) is 16.8. The minimum Gasteiger partial charge on any atom is -0.497 e. The standard InChI is InChI=1S/C23H24N4OS/c1-16-5-4-6-18(13-16)27(2)12-11-24-23-22-20(25-15-26-23)14-21(29-22)17-7-9-19(28-3)10-8-17/h4-10,13-15H,11-12H2,1-3H3,(H,24,25,26). The number of fused-ring (bicyclic) bond motifs is 1. The third-order valence-corrected chi connectivity index (χ3v) is 6.05. The molecule has 148 valence electrons. The summed E-state index contributed by atoms with van der Waals surface area (Å²) in [5.41, 5.74) is 4.60. The SMILES string of the molecule is COc1ccc(-c2cc3ncnc(NCCN(C)c4cccc(C)c4)c3s2)cc1. The Morgan fingerprint density at radius 1 is 1.07 bits per heavy atom. The first-order valence-corrected chi connectivity index (χ1v) is 10.4. The lowest BCUT2D eigenvalue weighted by Crippen LogP contribution is -2.25.